The Balaban J connectivity index is 2.96. The Hall–Kier alpha value is -0.540. The molecule has 1 aromatic carbocycles. The Labute approximate surface area is 93.6 Å². The van der Waals surface area contributed by atoms with Crippen LogP contribution in [0.15, 0.2) is 22.7 Å². The van der Waals surface area contributed by atoms with E-state index < -0.39 is 0 Å². The van der Waals surface area contributed by atoms with E-state index in [-0.39, 0.29) is 6.04 Å². The topological polar surface area (TPSA) is 35.2 Å². The summed E-state index contributed by atoms with van der Waals surface area (Å²) in [5.41, 5.74) is 6.90. The molecular weight excluding hydrogens is 242 g/mol. The molecule has 1 aromatic rings. The lowest BCUT2D eigenvalue weighted by Gasteiger charge is -2.14. The van der Waals surface area contributed by atoms with Crippen molar-refractivity contribution in [2.75, 3.05) is 6.61 Å². The molecule has 1 atom stereocenters. The third kappa shape index (κ3) is 2.72. The molecule has 14 heavy (non-hydrogen) atoms. The molecule has 0 amide bonds. The van der Waals surface area contributed by atoms with Crippen LogP contribution in [-0.2, 0) is 0 Å². The zero-order valence-electron chi connectivity index (χ0n) is 8.59. The van der Waals surface area contributed by atoms with Crippen molar-refractivity contribution < 1.29 is 4.74 Å². The van der Waals surface area contributed by atoms with Gasteiger partial charge in [-0.3, -0.25) is 0 Å². The fraction of sp³-hybridized carbons (Fsp3) is 0.455. The minimum Gasteiger partial charge on any atom is -0.492 e. The standard InChI is InChI=1S/C11H16BrNO/c1-3-7-14-11-9(8(2)13)5-4-6-10(11)12/h4-6,8H,3,7,13H2,1-2H3. The maximum atomic E-state index is 5.85. The van der Waals surface area contributed by atoms with Crippen LogP contribution in [0.25, 0.3) is 0 Å². The first-order chi connectivity index (χ1) is 6.66. The molecule has 0 bridgehead atoms. The Kier molecular flexibility index (Phi) is 4.42. The molecule has 0 radical (unpaired) electrons. The highest BCUT2D eigenvalue weighted by Gasteiger charge is 2.10. The minimum absolute atomic E-state index is 0.000596. The molecule has 2 nitrogen and oxygen atoms in total. The normalized spacial score (nSPS) is 12.6. The van der Waals surface area contributed by atoms with Gasteiger partial charge in [-0.25, -0.2) is 0 Å². The largest absolute Gasteiger partial charge is 0.492 e. The van der Waals surface area contributed by atoms with Crippen molar-refractivity contribution in [1.82, 2.24) is 0 Å². The van der Waals surface area contributed by atoms with Crippen molar-refractivity contribution in [2.24, 2.45) is 5.73 Å². The Morgan fingerprint density at radius 1 is 1.50 bits per heavy atom. The lowest BCUT2D eigenvalue weighted by molar-refractivity contribution is 0.310. The third-order valence-corrected chi connectivity index (χ3v) is 2.56. The van der Waals surface area contributed by atoms with Gasteiger partial charge >= 0.3 is 0 Å². The lowest BCUT2D eigenvalue weighted by Crippen LogP contribution is -2.08. The SMILES string of the molecule is CCCOc1c(Br)cccc1C(C)N. The maximum Gasteiger partial charge on any atom is 0.138 e. The average Bonchev–Trinajstić information content (AvgIpc) is 2.15. The third-order valence-electron chi connectivity index (χ3n) is 1.94. The molecule has 2 N–H and O–H groups in total. The summed E-state index contributed by atoms with van der Waals surface area (Å²) in [6.07, 6.45) is 1.000. The van der Waals surface area contributed by atoms with Gasteiger partial charge in [-0.1, -0.05) is 19.1 Å². The van der Waals surface area contributed by atoms with E-state index >= 15 is 0 Å². The van der Waals surface area contributed by atoms with Gasteiger partial charge in [0.1, 0.15) is 5.75 Å². The molecule has 0 heterocycles. The van der Waals surface area contributed by atoms with Crippen LogP contribution in [0, 0.1) is 0 Å². The maximum absolute atomic E-state index is 5.85. The van der Waals surface area contributed by atoms with Crippen molar-refractivity contribution in [2.45, 2.75) is 26.3 Å². The van der Waals surface area contributed by atoms with Gasteiger partial charge in [0, 0.05) is 11.6 Å². The van der Waals surface area contributed by atoms with Crippen LogP contribution in [0.5, 0.6) is 5.75 Å². The summed E-state index contributed by atoms with van der Waals surface area (Å²) in [6, 6.07) is 5.94. The summed E-state index contributed by atoms with van der Waals surface area (Å²) in [5, 5.41) is 0. The van der Waals surface area contributed by atoms with Crippen molar-refractivity contribution in [3.63, 3.8) is 0 Å². The van der Waals surface area contributed by atoms with Gasteiger partial charge in [0.05, 0.1) is 11.1 Å². The van der Waals surface area contributed by atoms with Crippen molar-refractivity contribution >= 4 is 15.9 Å². The van der Waals surface area contributed by atoms with Crippen LogP contribution in [0.4, 0.5) is 0 Å². The van der Waals surface area contributed by atoms with Gasteiger partial charge in [0.25, 0.3) is 0 Å². The van der Waals surface area contributed by atoms with E-state index in [4.69, 9.17) is 10.5 Å². The molecule has 0 saturated carbocycles. The second kappa shape index (κ2) is 5.37. The monoisotopic (exact) mass is 257 g/mol. The Bertz CT molecular complexity index is 299. The first kappa shape index (κ1) is 11.5. The molecule has 78 valence electrons. The highest BCUT2D eigenvalue weighted by molar-refractivity contribution is 9.10. The summed E-state index contributed by atoms with van der Waals surface area (Å²) < 4.78 is 6.62. The molecule has 0 aliphatic rings. The summed E-state index contributed by atoms with van der Waals surface area (Å²) in [6.45, 7) is 4.77. The second-order valence-electron chi connectivity index (χ2n) is 3.30. The smallest absolute Gasteiger partial charge is 0.138 e. The molecule has 3 heteroatoms. The van der Waals surface area contributed by atoms with E-state index in [0.717, 1.165) is 28.8 Å². The van der Waals surface area contributed by atoms with Gasteiger partial charge in [0.2, 0.25) is 0 Å². The van der Waals surface area contributed by atoms with Crippen LogP contribution in [0.2, 0.25) is 0 Å². The molecule has 0 saturated heterocycles. The first-order valence-corrected chi connectivity index (χ1v) is 5.63. The molecular formula is C11H16BrNO. The van der Waals surface area contributed by atoms with Crippen LogP contribution in [0.3, 0.4) is 0 Å². The molecule has 1 unspecified atom stereocenters. The second-order valence-corrected chi connectivity index (χ2v) is 4.15. The fourth-order valence-electron chi connectivity index (χ4n) is 1.24. The number of benzene rings is 1. The van der Waals surface area contributed by atoms with Gasteiger partial charge in [-0.05, 0) is 35.3 Å². The Morgan fingerprint density at radius 3 is 2.79 bits per heavy atom. The average molecular weight is 258 g/mol. The Morgan fingerprint density at radius 2 is 2.21 bits per heavy atom. The van der Waals surface area contributed by atoms with Crippen LogP contribution in [-0.4, -0.2) is 6.61 Å². The number of hydrogen-bond acceptors (Lipinski definition) is 2. The van der Waals surface area contributed by atoms with Gasteiger partial charge in [-0.15, -0.1) is 0 Å². The summed E-state index contributed by atoms with van der Waals surface area (Å²) in [4.78, 5) is 0. The van der Waals surface area contributed by atoms with Crippen molar-refractivity contribution in [1.29, 1.82) is 0 Å². The van der Waals surface area contributed by atoms with Gasteiger partial charge in [0.15, 0.2) is 0 Å². The molecule has 0 spiro atoms. The molecule has 1 rings (SSSR count). The number of para-hydroxylation sites is 1. The molecule has 0 aromatic heterocycles. The highest BCUT2D eigenvalue weighted by Crippen LogP contribution is 2.32. The summed E-state index contributed by atoms with van der Waals surface area (Å²) in [5.74, 6) is 0.879. The van der Waals surface area contributed by atoms with Crippen LogP contribution in [0.1, 0.15) is 31.9 Å². The van der Waals surface area contributed by atoms with E-state index in [0.29, 0.717) is 0 Å². The minimum atomic E-state index is -0.000596. The van der Waals surface area contributed by atoms with Crippen LogP contribution >= 0.6 is 15.9 Å². The predicted molar refractivity (Wildman–Crippen MR) is 62.5 cm³/mol. The van der Waals surface area contributed by atoms with Gasteiger partial charge in [-0.2, -0.15) is 0 Å². The van der Waals surface area contributed by atoms with Gasteiger partial charge < -0.3 is 10.5 Å². The first-order valence-electron chi connectivity index (χ1n) is 4.83. The van der Waals surface area contributed by atoms with E-state index in [2.05, 4.69) is 22.9 Å². The quantitative estimate of drug-likeness (QED) is 0.899. The number of nitrogens with two attached hydrogens (primary N) is 1. The van der Waals surface area contributed by atoms with E-state index in [1.54, 1.807) is 0 Å². The van der Waals surface area contributed by atoms with Crippen LogP contribution < -0.4 is 10.5 Å². The predicted octanol–water partition coefficient (Wildman–Crippen LogP) is 3.26. The zero-order chi connectivity index (χ0) is 10.6. The number of hydrogen-bond donors (Lipinski definition) is 1. The number of ether oxygens (including phenoxy) is 1. The fourth-order valence-corrected chi connectivity index (χ4v) is 1.74. The summed E-state index contributed by atoms with van der Waals surface area (Å²) in [7, 11) is 0. The molecule has 0 aliphatic heterocycles. The van der Waals surface area contributed by atoms with Crippen molar-refractivity contribution in [3.05, 3.63) is 28.2 Å². The number of halogens is 1. The molecule has 0 aliphatic carbocycles. The number of rotatable bonds is 4. The highest BCUT2D eigenvalue weighted by atomic mass is 79.9. The van der Waals surface area contributed by atoms with Crippen molar-refractivity contribution in [3.8, 4) is 5.75 Å². The van der Waals surface area contributed by atoms with E-state index in [1.807, 2.05) is 25.1 Å². The molecule has 0 fully saturated rings. The van der Waals surface area contributed by atoms with E-state index in [1.165, 1.54) is 0 Å². The lowest BCUT2D eigenvalue weighted by atomic mass is 10.1. The van der Waals surface area contributed by atoms with E-state index in [9.17, 15) is 0 Å². The summed E-state index contributed by atoms with van der Waals surface area (Å²) >= 11 is 3.47. The zero-order valence-corrected chi connectivity index (χ0v) is 10.2.